The highest BCUT2D eigenvalue weighted by atomic mass is 19.3. The average molecular weight is 381 g/mol. The lowest BCUT2D eigenvalue weighted by Crippen LogP contribution is -2.46. The first-order chi connectivity index (χ1) is 12.8. The number of carbonyl (C=O) groups excluding carboxylic acids is 1. The summed E-state index contributed by atoms with van der Waals surface area (Å²) in [6.45, 7) is 6.97. The number of hydrogen-bond acceptors (Lipinski definition) is 4. The fraction of sp³-hybridized carbons (Fsp3) is 0.800. The number of carbonyl (C=O) groups is 1. The molecule has 4 rings (SSSR count). The fourth-order valence-corrected chi connectivity index (χ4v) is 5.23. The van der Waals surface area contributed by atoms with Crippen LogP contribution in [0.15, 0.2) is 4.52 Å². The number of nitrogens with zero attached hydrogens (tertiary/aromatic N) is 3. The summed E-state index contributed by atoms with van der Waals surface area (Å²) in [6, 6.07) is 0. The predicted octanol–water partition coefficient (Wildman–Crippen LogP) is 3.68. The molecule has 3 fully saturated rings. The van der Waals surface area contributed by atoms with Crippen LogP contribution < -0.4 is 0 Å². The summed E-state index contributed by atoms with van der Waals surface area (Å²) >= 11 is 0. The third-order valence-electron chi connectivity index (χ3n) is 6.88. The maximum Gasteiger partial charge on any atom is 0.248 e. The summed E-state index contributed by atoms with van der Waals surface area (Å²) in [5.41, 5.74) is 1.76. The van der Waals surface area contributed by atoms with Crippen LogP contribution in [0, 0.1) is 19.8 Å². The minimum atomic E-state index is -2.44. The van der Waals surface area contributed by atoms with E-state index in [0.29, 0.717) is 13.0 Å². The van der Waals surface area contributed by atoms with Crippen molar-refractivity contribution >= 4 is 5.91 Å². The topological polar surface area (TPSA) is 49.6 Å². The average Bonchev–Trinajstić information content (AvgIpc) is 2.96. The highest BCUT2D eigenvalue weighted by Gasteiger charge is 2.48. The van der Waals surface area contributed by atoms with E-state index in [2.05, 4.69) is 15.0 Å². The molecule has 1 aromatic heterocycles. The Balaban J connectivity index is 1.43. The Morgan fingerprint density at radius 2 is 1.96 bits per heavy atom. The van der Waals surface area contributed by atoms with E-state index in [1.54, 1.807) is 0 Å². The molecule has 27 heavy (non-hydrogen) atoms. The smallest absolute Gasteiger partial charge is 0.248 e. The summed E-state index contributed by atoms with van der Waals surface area (Å²) in [7, 11) is 0. The van der Waals surface area contributed by atoms with Gasteiger partial charge in [0.15, 0.2) is 0 Å². The molecule has 0 N–H and O–H groups in total. The Morgan fingerprint density at radius 3 is 2.63 bits per heavy atom. The van der Waals surface area contributed by atoms with E-state index in [9.17, 15) is 13.6 Å². The maximum absolute atomic E-state index is 13.1. The normalized spacial score (nSPS) is 29.3. The number of alkyl halides is 2. The van der Waals surface area contributed by atoms with E-state index >= 15 is 0 Å². The SMILES string of the molecule is Cc1noc(C)c1CN1C(=O)CC[C@@]12CCCN(CC1CC(F)(F)C1)CC2. The molecule has 0 aromatic carbocycles. The van der Waals surface area contributed by atoms with Gasteiger partial charge in [-0.15, -0.1) is 0 Å². The number of halogens is 2. The monoisotopic (exact) mass is 381 g/mol. The van der Waals surface area contributed by atoms with Crippen molar-refractivity contribution in [3.05, 3.63) is 17.0 Å². The molecule has 0 unspecified atom stereocenters. The summed E-state index contributed by atoms with van der Waals surface area (Å²) in [4.78, 5) is 17.1. The molecule has 1 spiro atoms. The Bertz CT molecular complexity index is 693. The molecule has 1 aromatic rings. The summed E-state index contributed by atoms with van der Waals surface area (Å²) < 4.78 is 31.5. The van der Waals surface area contributed by atoms with Crippen molar-refractivity contribution in [3.63, 3.8) is 0 Å². The molecule has 5 nitrogen and oxygen atoms in total. The van der Waals surface area contributed by atoms with Crippen LogP contribution >= 0.6 is 0 Å². The first-order valence-corrected chi connectivity index (χ1v) is 10.1. The van der Waals surface area contributed by atoms with Gasteiger partial charge in [0, 0.05) is 43.5 Å². The van der Waals surface area contributed by atoms with E-state index < -0.39 is 5.92 Å². The second-order valence-electron chi connectivity index (χ2n) is 8.79. The van der Waals surface area contributed by atoms with Crippen molar-refractivity contribution in [2.24, 2.45) is 5.92 Å². The Kier molecular flexibility index (Phi) is 4.77. The molecule has 3 heterocycles. The van der Waals surface area contributed by atoms with Gasteiger partial charge in [-0.3, -0.25) is 4.79 Å². The van der Waals surface area contributed by atoms with E-state index in [0.717, 1.165) is 62.3 Å². The van der Waals surface area contributed by atoms with E-state index in [-0.39, 0.29) is 30.2 Å². The number of aromatic nitrogens is 1. The fourth-order valence-electron chi connectivity index (χ4n) is 5.23. The van der Waals surface area contributed by atoms with Crippen molar-refractivity contribution in [2.45, 2.75) is 76.8 Å². The molecule has 1 aliphatic carbocycles. The lowest BCUT2D eigenvalue weighted by atomic mass is 9.81. The second kappa shape index (κ2) is 6.83. The Labute approximate surface area is 159 Å². The minimum absolute atomic E-state index is 0.0330. The molecule has 0 radical (unpaired) electrons. The second-order valence-corrected chi connectivity index (χ2v) is 8.79. The zero-order chi connectivity index (χ0) is 19.2. The molecule has 1 amide bonds. The van der Waals surface area contributed by atoms with Gasteiger partial charge in [0.1, 0.15) is 5.76 Å². The zero-order valence-electron chi connectivity index (χ0n) is 16.3. The summed E-state index contributed by atoms with van der Waals surface area (Å²) in [5.74, 6) is -1.33. The van der Waals surface area contributed by atoms with Crippen molar-refractivity contribution in [3.8, 4) is 0 Å². The molecule has 150 valence electrons. The van der Waals surface area contributed by atoms with Gasteiger partial charge >= 0.3 is 0 Å². The molecular formula is C20H29F2N3O2. The molecular weight excluding hydrogens is 352 g/mol. The first kappa shape index (κ1) is 18.8. The highest BCUT2D eigenvalue weighted by molar-refractivity contribution is 5.79. The Hall–Kier alpha value is -1.50. The van der Waals surface area contributed by atoms with Gasteiger partial charge in [0.25, 0.3) is 0 Å². The van der Waals surface area contributed by atoms with Crippen LogP contribution in [0.1, 0.15) is 62.0 Å². The van der Waals surface area contributed by atoms with Gasteiger partial charge in [-0.25, -0.2) is 8.78 Å². The molecule has 1 saturated carbocycles. The molecule has 1 atom stereocenters. The zero-order valence-corrected chi connectivity index (χ0v) is 16.3. The van der Waals surface area contributed by atoms with E-state index in [4.69, 9.17) is 4.52 Å². The number of aryl methyl sites for hydroxylation is 2. The molecule has 3 aliphatic rings. The quantitative estimate of drug-likeness (QED) is 0.798. The number of hydrogen-bond donors (Lipinski definition) is 0. The van der Waals surface area contributed by atoms with Gasteiger partial charge in [-0.05, 0) is 52.0 Å². The van der Waals surface area contributed by atoms with Crippen LogP contribution in [0.3, 0.4) is 0 Å². The lowest BCUT2D eigenvalue weighted by molar-refractivity contribution is -0.132. The molecule has 7 heteroatoms. The van der Waals surface area contributed by atoms with Gasteiger partial charge in [0.2, 0.25) is 11.8 Å². The third-order valence-corrected chi connectivity index (χ3v) is 6.88. The van der Waals surface area contributed by atoms with E-state index in [1.807, 2.05) is 13.8 Å². The number of rotatable bonds is 4. The van der Waals surface area contributed by atoms with E-state index in [1.165, 1.54) is 0 Å². The molecule has 2 saturated heterocycles. The van der Waals surface area contributed by atoms with Crippen LogP contribution in [-0.2, 0) is 11.3 Å². The third kappa shape index (κ3) is 3.62. The van der Waals surface area contributed by atoms with Gasteiger partial charge in [-0.2, -0.15) is 0 Å². The largest absolute Gasteiger partial charge is 0.361 e. The Morgan fingerprint density at radius 1 is 1.19 bits per heavy atom. The minimum Gasteiger partial charge on any atom is -0.361 e. The van der Waals surface area contributed by atoms with Crippen molar-refractivity contribution in [2.75, 3.05) is 19.6 Å². The van der Waals surface area contributed by atoms with Gasteiger partial charge in [-0.1, -0.05) is 5.16 Å². The van der Waals surface area contributed by atoms with Crippen LogP contribution in [0.4, 0.5) is 8.78 Å². The highest BCUT2D eigenvalue weighted by Crippen LogP contribution is 2.44. The first-order valence-electron chi connectivity index (χ1n) is 10.1. The van der Waals surface area contributed by atoms with Gasteiger partial charge < -0.3 is 14.3 Å². The number of likely N-dealkylation sites (tertiary alicyclic amines) is 2. The van der Waals surface area contributed by atoms with Crippen molar-refractivity contribution < 1.29 is 18.1 Å². The lowest BCUT2D eigenvalue weighted by Gasteiger charge is -2.39. The van der Waals surface area contributed by atoms with Crippen LogP contribution in [0.2, 0.25) is 0 Å². The summed E-state index contributed by atoms with van der Waals surface area (Å²) in [6.07, 6.45) is 4.47. The van der Waals surface area contributed by atoms with Crippen LogP contribution in [0.25, 0.3) is 0 Å². The molecule has 0 bridgehead atoms. The van der Waals surface area contributed by atoms with Crippen LogP contribution in [-0.4, -0.2) is 52.0 Å². The van der Waals surface area contributed by atoms with Crippen molar-refractivity contribution in [1.82, 2.24) is 15.0 Å². The summed E-state index contributed by atoms with van der Waals surface area (Å²) in [5, 5.41) is 4.03. The number of amides is 1. The van der Waals surface area contributed by atoms with Gasteiger partial charge in [0.05, 0.1) is 12.2 Å². The predicted molar refractivity (Wildman–Crippen MR) is 96.5 cm³/mol. The molecule has 2 aliphatic heterocycles. The van der Waals surface area contributed by atoms with Crippen molar-refractivity contribution in [1.29, 1.82) is 0 Å². The standard InChI is InChI=1S/C20H29F2N3O2/c1-14-17(15(2)27-23-14)13-25-18(26)4-6-19(25)5-3-8-24(9-7-19)12-16-10-20(21,22)11-16/h16H,3-13H2,1-2H3/t19-/m1/s1. The van der Waals surface area contributed by atoms with Crippen LogP contribution in [0.5, 0.6) is 0 Å². The maximum atomic E-state index is 13.1.